The molecule has 0 radical (unpaired) electrons. The van der Waals surface area contributed by atoms with E-state index in [1.54, 1.807) is 0 Å². The van der Waals surface area contributed by atoms with Crippen molar-refractivity contribution in [1.29, 1.82) is 0 Å². The number of hydrogen-bond donors (Lipinski definition) is 2. The molecule has 5 heteroatoms. The number of rotatable bonds is 6. The quantitative estimate of drug-likeness (QED) is 0.632. The Morgan fingerprint density at radius 3 is 1.50 bits per heavy atom. The average Bonchev–Trinajstić information content (AvgIpc) is 2.31. The highest BCUT2D eigenvalue weighted by molar-refractivity contribution is 5.63. The van der Waals surface area contributed by atoms with Crippen LogP contribution in [0.4, 0.5) is 0 Å². The average molecular weight is 237 g/mol. The number of carboxylic acid groups (broad SMARTS) is 1. The lowest BCUT2D eigenvalue weighted by Crippen LogP contribution is -2.19. The number of ether oxygens (including phenoxy) is 1. The third kappa shape index (κ3) is 50.5. The van der Waals surface area contributed by atoms with Crippen molar-refractivity contribution in [2.75, 3.05) is 26.4 Å². The maximum absolute atomic E-state index is 9.26. The highest BCUT2D eigenvalue weighted by Crippen LogP contribution is 1.81. The molecule has 0 saturated heterocycles. The third-order valence-corrected chi connectivity index (χ3v) is 1.09. The minimum atomic E-state index is -0.995. The summed E-state index contributed by atoms with van der Waals surface area (Å²) in [5.41, 5.74) is 0. The van der Waals surface area contributed by atoms with Crippen LogP contribution >= 0.6 is 0 Å². The van der Waals surface area contributed by atoms with Crippen molar-refractivity contribution in [2.45, 2.75) is 40.0 Å². The van der Waals surface area contributed by atoms with Gasteiger partial charge in [0.1, 0.15) is 0 Å². The fraction of sp³-hybridized carbons (Fsp3) is 0.909. The molecule has 0 heterocycles. The van der Waals surface area contributed by atoms with Crippen molar-refractivity contribution < 1.29 is 24.9 Å². The second-order valence-electron chi connectivity index (χ2n) is 2.79. The number of carbonyl (C=O) groups excluding carboxylic acids is 1. The van der Waals surface area contributed by atoms with Crippen LogP contribution in [0.5, 0.6) is 0 Å². The molecule has 0 aliphatic heterocycles. The van der Waals surface area contributed by atoms with Gasteiger partial charge in [-0.15, -0.1) is 0 Å². The van der Waals surface area contributed by atoms with E-state index in [9.17, 15) is 9.90 Å². The molecule has 0 saturated carbocycles. The smallest absolute Gasteiger partial charge is 0.0662 e. The van der Waals surface area contributed by atoms with E-state index >= 15 is 0 Å². The largest absolute Gasteiger partial charge is 0.550 e. The SMILES string of the molecule is CCC(=O)[O-].CCCOCCC.OCCO. The summed E-state index contributed by atoms with van der Waals surface area (Å²) in [7, 11) is 0. The second kappa shape index (κ2) is 23.9. The van der Waals surface area contributed by atoms with Crippen LogP contribution in [0, 0.1) is 0 Å². The van der Waals surface area contributed by atoms with E-state index in [1.165, 1.54) is 6.92 Å². The molecule has 0 aromatic rings. The van der Waals surface area contributed by atoms with E-state index in [0.29, 0.717) is 0 Å². The lowest BCUT2D eigenvalue weighted by molar-refractivity contribution is -0.305. The molecule has 0 aliphatic carbocycles. The van der Waals surface area contributed by atoms with Crippen LogP contribution in [0.25, 0.3) is 0 Å². The van der Waals surface area contributed by atoms with Gasteiger partial charge in [-0.2, -0.15) is 0 Å². The van der Waals surface area contributed by atoms with Crippen molar-refractivity contribution >= 4 is 5.97 Å². The Labute approximate surface area is 98.1 Å². The van der Waals surface area contributed by atoms with Crippen molar-refractivity contribution in [3.05, 3.63) is 0 Å². The van der Waals surface area contributed by atoms with Crippen LogP contribution in [0.1, 0.15) is 40.0 Å². The number of carbonyl (C=O) groups is 1. The Morgan fingerprint density at radius 2 is 1.38 bits per heavy atom. The zero-order valence-corrected chi connectivity index (χ0v) is 10.6. The van der Waals surface area contributed by atoms with Crippen molar-refractivity contribution in [2.24, 2.45) is 0 Å². The number of carboxylic acids is 1. The van der Waals surface area contributed by atoms with Gasteiger partial charge in [-0.25, -0.2) is 0 Å². The number of aliphatic hydroxyl groups is 2. The molecule has 2 N–H and O–H groups in total. The van der Waals surface area contributed by atoms with Gasteiger partial charge in [0, 0.05) is 19.2 Å². The number of aliphatic carboxylic acids is 1. The summed E-state index contributed by atoms with van der Waals surface area (Å²) in [5.74, 6) is -0.995. The van der Waals surface area contributed by atoms with Crippen LogP contribution in [-0.4, -0.2) is 42.6 Å². The first kappa shape index (κ1) is 20.7. The van der Waals surface area contributed by atoms with Gasteiger partial charge in [-0.3, -0.25) is 0 Å². The summed E-state index contributed by atoms with van der Waals surface area (Å²) < 4.78 is 5.13. The van der Waals surface area contributed by atoms with E-state index in [-0.39, 0.29) is 19.6 Å². The molecular weight excluding hydrogens is 212 g/mol. The fourth-order valence-electron chi connectivity index (χ4n) is 0.391. The predicted octanol–water partition coefficient (Wildman–Crippen LogP) is -0.0597. The molecule has 0 atom stereocenters. The van der Waals surface area contributed by atoms with Gasteiger partial charge in [-0.1, -0.05) is 20.8 Å². The van der Waals surface area contributed by atoms with Gasteiger partial charge < -0.3 is 24.9 Å². The summed E-state index contributed by atoms with van der Waals surface area (Å²) in [6.07, 6.45) is 2.39. The maximum Gasteiger partial charge on any atom is 0.0662 e. The Hall–Kier alpha value is -0.650. The maximum atomic E-state index is 9.26. The first-order valence-corrected chi connectivity index (χ1v) is 5.59. The molecule has 0 aromatic heterocycles. The Kier molecular flexibility index (Phi) is 30.9. The highest BCUT2D eigenvalue weighted by Gasteiger charge is 1.77. The van der Waals surface area contributed by atoms with Gasteiger partial charge in [0.15, 0.2) is 0 Å². The standard InChI is InChI=1S/C6H14O.C3H6O2.C2H6O2/c1-3-5-7-6-4-2;1-2-3(4)5;3-1-2-4/h3-6H2,1-2H3;2H2,1H3,(H,4,5);3-4H,1-2H2/p-1. The molecule has 0 bridgehead atoms. The van der Waals surface area contributed by atoms with Crippen molar-refractivity contribution in [3.63, 3.8) is 0 Å². The molecule has 0 spiro atoms. The first-order chi connectivity index (χ1) is 7.60. The van der Waals surface area contributed by atoms with Crippen LogP contribution in [-0.2, 0) is 9.53 Å². The molecule has 16 heavy (non-hydrogen) atoms. The Balaban J connectivity index is -0.000000166. The van der Waals surface area contributed by atoms with E-state index in [2.05, 4.69) is 13.8 Å². The van der Waals surface area contributed by atoms with Crippen LogP contribution in [0.3, 0.4) is 0 Å². The monoisotopic (exact) mass is 237 g/mol. The number of aliphatic hydroxyl groups excluding tert-OH is 2. The zero-order chi connectivity index (χ0) is 13.2. The van der Waals surface area contributed by atoms with Gasteiger partial charge in [0.25, 0.3) is 0 Å². The predicted molar refractivity (Wildman–Crippen MR) is 60.9 cm³/mol. The molecule has 0 fully saturated rings. The highest BCUT2D eigenvalue weighted by atomic mass is 16.5. The molecular formula is C11H25O5-. The fourth-order valence-corrected chi connectivity index (χ4v) is 0.391. The third-order valence-electron chi connectivity index (χ3n) is 1.09. The molecule has 0 amide bonds. The number of hydrogen-bond acceptors (Lipinski definition) is 5. The molecule has 0 aliphatic rings. The second-order valence-corrected chi connectivity index (χ2v) is 2.79. The molecule has 0 rings (SSSR count). The van der Waals surface area contributed by atoms with Gasteiger partial charge in [0.2, 0.25) is 0 Å². The van der Waals surface area contributed by atoms with Crippen molar-refractivity contribution in [1.82, 2.24) is 0 Å². The normalized spacial score (nSPS) is 8.31. The molecule has 100 valence electrons. The zero-order valence-electron chi connectivity index (χ0n) is 10.6. The summed E-state index contributed by atoms with van der Waals surface area (Å²) in [6.45, 7) is 7.38. The van der Waals surface area contributed by atoms with Gasteiger partial charge in [0.05, 0.1) is 13.2 Å². The van der Waals surface area contributed by atoms with E-state index in [4.69, 9.17) is 14.9 Å². The molecule has 5 nitrogen and oxygen atoms in total. The lowest BCUT2D eigenvalue weighted by atomic mass is 10.5. The van der Waals surface area contributed by atoms with Gasteiger partial charge >= 0.3 is 0 Å². The first-order valence-electron chi connectivity index (χ1n) is 5.59. The summed E-state index contributed by atoms with van der Waals surface area (Å²) in [4.78, 5) is 9.26. The Bertz CT molecular complexity index is 111. The van der Waals surface area contributed by atoms with E-state index < -0.39 is 5.97 Å². The van der Waals surface area contributed by atoms with Crippen LogP contribution in [0.15, 0.2) is 0 Å². The Morgan fingerprint density at radius 1 is 1.06 bits per heavy atom. The lowest BCUT2D eigenvalue weighted by Gasteiger charge is -1.95. The minimum absolute atomic E-state index is 0.111. The summed E-state index contributed by atoms with van der Waals surface area (Å²) in [5, 5.41) is 24.5. The summed E-state index contributed by atoms with van der Waals surface area (Å²) >= 11 is 0. The minimum Gasteiger partial charge on any atom is -0.550 e. The van der Waals surface area contributed by atoms with E-state index in [0.717, 1.165) is 26.1 Å². The van der Waals surface area contributed by atoms with E-state index in [1.807, 2.05) is 0 Å². The van der Waals surface area contributed by atoms with Crippen LogP contribution < -0.4 is 5.11 Å². The molecule has 0 aromatic carbocycles. The van der Waals surface area contributed by atoms with Crippen LogP contribution in [0.2, 0.25) is 0 Å². The molecule has 0 unspecified atom stereocenters. The summed E-state index contributed by atoms with van der Waals surface area (Å²) in [6, 6.07) is 0. The topological polar surface area (TPSA) is 89.8 Å². The van der Waals surface area contributed by atoms with Gasteiger partial charge in [-0.05, 0) is 19.3 Å². The van der Waals surface area contributed by atoms with Crippen molar-refractivity contribution in [3.8, 4) is 0 Å².